The molecule has 3 rings (SSSR count). The van der Waals surface area contributed by atoms with Crippen LogP contribution in [0.1, 0.15) is 50.8 Å². The number of benzene rings is 3. The van der Waals surface area contributed by atoms with Crippen LogP contribution in [-0.4, -0.2) is 43.3 Å². The Morgan fingerprint density at radius 2 is 1.59 bits per heavy atom. The average molecular weight is 673 g/mol. The molecule has 0 saturated carbocycles. The molecule has 0 unspecified atom stereocenters. The van der Waals surface area contributed by atoms with E-state index in [1.807, 2.05) is 0 Å². The summed E-state index contributed by atoms with van der Waals surface area (Å²) < 4.78 is 69.5. The molecule has 1 N–H and O–H groups in total. The fraction of sp³-hybridized carbons (Fsp3) is 0.355. The fourth-order valence-electron chi connectivity index (χ4n) is 4.41. The topological polar surface area (TPSA) is 86.8 Å². The maximum absolute atomic E-state index is 14.1. The molecule has 0 bridgehead atoms. The Bertz CT molecular complexity index is 1610. The van der Waals surface area contributed by atoms with Crippen molar-refractivity contribution in [1.29, 1.82) is 0 Å². The van der Waals surface area contributed by atoms with Crippen LogP contribution in [0.25, 0.3) is 0 Å². The number of hydrogen-bond acceptors (Lipinski definition) is 4. The minimum atomic E-state index is -4.77. The van der Waals surface area contributed by atoms with E-state index < -0.39 is 51.7 Å². The van der Waals surface area contributed by atoms with Crippen LogP contribution < -0.4 is 9.62 Å². The van der Waals surface area contributed by atoms with Gasteiger partial charge in [0, 0.05) is 22.1 Å². The molecule has 3 aromatic carbocycles. The first-order chi connectivity index (χ1) is 20.3. The van der Waals surface area contributed by atoms with Crippen molar-refractivity contribution in [1.82, 2.24) is 10.2 Å². The number of nitrogens with zero attached hydrogens (tertiary/aromatic N) is 2. The highest BCUT2D eigenvalue weighted by Gasteiger charge is 2.36. The molecule has 44 heavy (non-hydrogen) atoms. The molecule has 3 aromatic rings. The lowest BCUT2D eigenvalue weighted by molar-refractivity contribution is -0.141. The number of nitrogens with one attached hydrogen (secondary N) is 1. The first-order valence-electron chi connectivity index (χ1n) is 13.7. The normalized spacial score (nSPS) is 12.9. The summed E-state index contributed by atoms with van der Waals surface area (Å²) in [5, 5.41) is 3.39. The summed E-state index contributed by atoms with van der Waals surface area (Å²) in [6.45, 7) is 7.63. The summed E-state index contributed by atoms with van der Waals surface area (Å²) in [7, 11) is -4.56. The molecule has 0 heterocycles. The summed E-state index contributed by atoms with van der Waals surface area (Å²) in [5.74, 6) is -1.33. The summed E-state index contributed by atoms with van der Waals surface area (Å²) in [6.07, 6.45) is -4.62. The van der Waals surface area contributed by atoms with Crippen LogP contribution in [-0.2, 0) is 32.3 Å². The quantitative estimate of drug-likeness (QED) is 0.246. The van der Waals surface area contributed by atoms with Crippen molar-refractivity contribution >= 4 is 50.7 Å². The maximum atomic E-state index is 14.1. The first-order valence-corrected chi connectivity index (χ1v) is 15.8. The van der Waals surface area contributed by atoms with E-state index in [1.54, 1.807) is 46.8 Å². The standard InChI is InChI=1S/C31H34Cl2F3N3O4S/c1-6-27(29(41)37-30(3,4)5)38(18-21-12-13-23(32)17-26(21)33)28(40)19-39(24-9-7-8-22(16-24)31(34,35)36)44(42,43)25-14-10-20(2)11-15-25/h7-17,27H,6,18-19H2,1-5H3,(H,37,41)/t27-/m1/s1. The Morgan fingerprint density at radius 3 is 2.14 bits per heavy atom. The van der Waals surface area contributed by atoms with Crippen molar-refractivity contribution in [3.8, 4) is 0 Å². The third kappa shape index (κ3) is 8.89. The number of carbonyl (C=O) groups is 2. The van der Waals surface area contributed by atoms with Gasteiger partial charge in [0.25, 0.3) is 10.0 Å². The van der Waals surface area contributed by atoms with E-state index in [1.165, 1.54) is 41.3 Å². The van der Waals surface area contributed by atoms with E-state index in [9.17, 15) is 31.2 Å². The van der Waals surface area contributed by atoms with E-state index in [2.05, 4.69) is 5.32 Å². The molecule has 0 spiro atoms. The second-order valence-electron chi connectivity index (χ2n) is 11.3. The number of hydrogen-bond donors (Lipinski definition) is 1. The molecule has 7 nitrogen and oxygen atoms in total. The lowest BCUT2D eigenvalue weighted by atomic mass is 10.1. The van der Waals surface area contributed by atoms with Crippen molar-refractivity contribution in [3.63, 3.8) is 0 Å². The largest absolute Gasteiger partial charge is 0.416 e. The minimum absolute atomic E-state index is 0.146. The molecule has 13 heteroatoms. The number of amides is 2. The summed E-state index contributed by atoms with van der Waals surface area (Å²) >= 11 is 12.4. The molecule has 0 aliphatic rings. The van der Waals surface area contributed by atoms with Crippen LogP contribution in [0.5, 0.6) is 0 Å². The third-order valence-electron chi connectivity index (χ3n) is 6.59. The number of anilines is 1. The summed E-state index contributed by atoms with van der Waals surface area (Å²) in [5.41, 5.74) is -0.931. The van der Waals surface area contributed by atoms with E-state index in [-0.39, 0.29) is 28.6 Å². The Labute approximate surface area is 266 Å². The van der Waals surface area contributed by atoms with Gasteiger partial charge in [0.2, 0.25) is 11.8 Å². The Morgan fingerprint density at radius 1 is 0.955 bits per heavy atom. The predicted octanol–water partition coefficient (Wildman–Crippen LogP) is 7.24. The number of aryl methyl sites for hydroxylation is 1. The molecular weight excluding hydrogens is 638 g/mol. The van der Waals surface area contributed by atoms with Crippen molar-refractivity contribution in [2.24, 2.45) is 0 Å². The van der Waals surface area contributed by atoms with E-state index in [0.717, 1.165) is 17.7 Å². The van der Waals surface area contributed by atoms with E-state index in [4.69, 9.17) is 23.2 Å². The molecule has 2 amide bonds. The van der Waals surface area contributed by atoms with Crippen LogP contribution in [0, 0.1) is 6.92 Å². The third-order valence-corrected chi connectivity index (χ3v) is 8.96. The van der Waals surface area contributed by atoms with Crippen LogP contribution in [0.15, 0.2) is 71.6 Å². The van der Waals surface area contributed by atoms with Crippen LogP contribution >= 0.6 is 23.2 Å². The number of halogens is 5. The average Bonchev–Trinajstić information content (AvgIpc) is 2.91. The van der Waals surface area contributed by atoms with Crippen molar-refractivity contribution in [2.75, 3.05) is 10.8 Å². The SMILES string of the molecule is CC[C@H](C(=O)NC(C)(C)C)N(Cc1ccc(Cl)cc1Cl)C(=O)CN(c1cccc(C(F)(F)F)c1)S(=O)(=O)c1ccc(C)cc1. The second-order valence-corrected chi connectivity index (χ2v) is 14.0. The number of carbonyl (C=O) groups excluding carboxylic acids is 2. The first kappa shape index (κ1) is 35.2. The maximum Gasteiger partial charge on any atom is 0.416 e. The highest BCUT2D eigenvalue weighted by molar-refractivity contribution is 7.92. The minimum Gasteiger partial charge on any atom is -0.350 e. The van der Waals surface area contributed by atoms with Gasteiger partial charge >= 0.3 is 6.18 Å². The van der Waals surface area contributed by atoms with Gasteiger partial charge in [0.15, 0.2) is 0 Å². The smallest absolute Gasteiger partial charge is 0.350 e. The zero-order valence-electron chi connectivity index (χ0n) is 24.9. The highest BCUT2D eigenvalue weighted by Crippen LogP contribution is 2.34. The lowest BCUT2D eigenvalue weighted by Crippen LogP contribution is -2.55. The van der Waals surface area contributed by atoms with Crippen LogP contribution in [0.4, 0.5) is 18.9 Å². The monoisotopic (exact) mass is 671 g/mol. The van der Waals surface area contributed by atoms with Crippen LogP contribution in [0.3, 0.4) is 0 Å². The summed E-state index contributed by atoms with van der Waals surface area (Å²) in [4.78, 5) is 28.5. The molecule has 0 aliphatic carbocycles. The Hall–Kier alpha value is -3.28. The Kier molecular flexibility index (Phi) is 11.0. The van der Waals surface area contributed by atoms with Gasteiger partial charge in [-0.1, -0.05) is 60.0 Å². The second kappa shape index (κ2) is 13.8. The molecule has 0 saturated heterocycles. The predicted molar refractivity (Wildman–Crippen MR) is 166 cm³/mol. The summed E-state index contributed by atoms with van der Waals surface area (Å²) in [6, 6.07) is 13.0. The lowest BCUT2D eigenvalue weighted by Gasteiger charge is -2.35. The van der Waals surface area contributed by atoms with Crippen molar-refractivity contribution < 1.29 is 31.2 Å². The van der Waals surface area contributed by atoms with Gasteiger partial charge in [-0.25, -0.2) is 8.42 Å². The molecule has 0 aromatic heterocycles. The van der Waals surface area contributed by atoms with Gasteiger partial charge in [-0.2, -0.15) is 13.2 Å². The Balaban J connectivity index is 2.16. The highest BCUT2D eigenvalue weighted by atomic mass is 35.5. The zero-order valence-corrected chi connectivity index (χ0v) is 27.2. The number of alkyl halides is 3. The van der Waals surface area contributed by atoms with Gasteiger partial charge in [-0.3, -0.25) is 13.9 Å². The molecule has 0 aliphatic heterocycles. The van der Waals surface area contributed by atoms with E-state index >= 15 is 0 Å². The zero-order chi connectivity index (χ0) is 33.0. The fourth-order valence-corrected chi connectivity index (χ4v) is 6.28. The number of sulfonamides is 1. The van der Waals surface area contributed by atoms with Crippen molar-refractivity contribution in [3.05, 3.63) is 93.5 Å². The molecule has 0 radical (unpaired) electrons. The number of rotatable bonds is 10. The molecule has 1 atom stereocenters. The molecular formula is C31H34Cl2F3N3O4S. The van der Waals surface area contributed by atoms with Gasteiger partial charge in [0.1, 0.15) is 12.6 Å². The van der Waals surface area contributed by atoms with Gasteiger partial charge < -0.3 is 10.2 Å². The molecule has 238 valence electrons. The van der Waals surface area contributed by atoms with Gasteiger partial charge in [0.05, 0.1) is 16.1 Å². The van der Waals surface area contributed by atoms with E-state index in [0.29, 0.717) is 21.0 Å². The van der Waals surface area contributed by atoms with Crippen molar-refractivity contribution in [2.45, 2.75) is 70.2 Å². The van der Waals surface area contributed by atoms with Crippen LogP contribution in [0.2, 0.25) is 10.0 Å². The molecule has 0 fully saturated rings. The van der Waals surface area contributed by atoms with Gasteiger partial charge in [-0.15, -0.1) is 0 Å². The van der Waals surface area contributed by atoms with Gasteiger partial charge in [-0.05, 0) is 82.1 Å².